The van der Waals surface area contributed by atoms with E-state index in [-0.39, 0.29) is 11.3 Å². The maximum Gasteiger partial charge on any atom is 0.230 e. The van der Waals surface area contributed by atoms with Gasteiger partial charge in [0.25, 0.3) is 0 Å². The Bertz CT molecular complexity index is 364. The fraction of sp³-hybridized carbons (Fsp3) is 0.588. The molecule has 1 rings (SSSR count). The number of amides is 1. The summed E-state index contributed by atoms with van der Waals surface area (Å²) in [7, 11) is 1.75. The Morgan fingerprint density at radius 1 is 1.05 bits per heavy atom. The molecule has 0 heterocycles. The van der Waals surface area contributed by atoms with Crippen molar-refractivity contribution in [2.24, 2.45) is 0 Å². The number of hydrogen-bond donors (Lipinski definition) is 1. The lowest BCUT2D eigenvalue weighted by molar-refractivity contribution is -0.127. The number of carbonyl (C=O) groups excluding carboxylic acids is 1. The first-order valence-corrected chi connectivity index (χ1v) is 7.49. The SMILES string of the molecule is CCCCC(CCCC)(C(=O)NC)c1ccccc1. The number of rotatable bonds is 8. The minimum atomic E-state index is -0.345. The molecule has 2 nitrogen and oxygen atoms in total. The molecule has 1 amide bonds. The average molecular weight is 261 g/mol. The third kappa shape index (κ3) is 3.82. The van der Waals surface area contributed by atoms with E-state index in [0.29, 0.717) is 0 Å². The molecule has 2 heteroatoms. The molecule has 0 fully saturated rings. The zero-order valence-corrected chi connectivity index (χ0v) is 12.5. The van der Waals surface area contributed by atoms with Gasteiger partial charge in [0.15, 0.2) is 0 Å². The summed E-state index contributed by atoms with van der Waals surface area (Å²) in [5, 5.41) is 2.88. The number of benzene rings is 1. The molecule has 0 radical (unpaired) electrons. The van der Waals surface area contributed by atoms with Crippen molar-refractivity contribution >= 4 is 5.91 Å². The normalized spacial score (nSPS) is 11.3. The standard InChI is InChI=1S/C17H27NO/c1-4-6-13-17(14-7-5-2,16(19)18-3)15-11-9-8-10-12-15/h8-12H,4-7,13-14H2,1-3H3,(H,18,19). The van der Waals surface area contributed by atoms with Crippen LogP contribution >= 0.6 is 0 Å². The predicted octanol–water partition coefficient (Wildman–Crippen LogP) is 4.05. The van der Waals surface area contributed by atoms with Crippen LogP contribution in [0.2, 0.25) is 0 Å². The third-order valence-corrected chi connectivity index (χ3v) is 3.90. The fourth-order valence-electron chi connectivity index (χ4n) is 2.73. The van der Waals surface area contributed by atoms with E-state index in [9.17, 15) is 4.79 Å². The average Bonchev–Trinajstić information content (AvgIpc) is 2.48. The van der Waals surface area contributed by atoms with Crippen LogP contribution in [0.3, 0.4) is 0 Å². The summed E-state index contributed by atoms with van der Waals surface area (Å²) in [5.74, 6) is 0.167. The Balaban J connectivity index is 3.13. The van der Waals surface area contributed by atoms with Crippen molar-refractivity contribution in [2.45, 2.75) is 57.8 Å². The highest BCUT2D eigenvalue weighted by molar-refractivity contribution is 5.88. The van der Waals surface area contributed by atoms with Crippen LogP contribution in [0.4, 0.5) is 0 Å². The van der Waals surface area contributed by atoms with Gasteiger partial charge in [0.2, 0.25) is 5.91 Å². The van der Waals surface area contributed by atoms with Gasteiger partial charge in [-0.2, -0.15) is 0 Å². The number of carbonyl (C=O) groups is 1. The second kappa shape index (κ2) is 7.98. The monoisotopic (exact) mass is 261 g/mol. The van der Waals surface area contributed by atoms with Gasteiger partial charge >= 0.3 is 0 Å². The zero-order valence-electron chi connectivity index (χ0n) is 12.5. The van der Waals surface area contributed by atoms with E-state index in [1.165, 1.54) is 0 Å². The van der Waals surface area contributed by atoms with Crippen LogP contribution in [0.25, 0.3) is 0 Å². The molecule has 0 aliphatic heterocycles. The van der Waals surface area contributed by atoms with E-state index < -0.39 is 0 Å². The molecule has 0 spiro atoms. The van der Waals surface area contributed by atoms with Gasteiger partial charge in [-0.25, -0.2) is 0 Å². The summed E-state index contributed by atoms with van der Waals surface area (Å²) < 4.78 is 0. The van der Waals surface area contributed by atoms with Crippen molar-refractivity contribution < 1.29 is 4.79 Å². The molecule has 0 bridgehead atoms. The van der Waals surface area contributed by atoms with Crippen LogP contribution in [0.1, 0.15) is 57.9 Å². The van der Waals surface area contributed by atoms with Gasteiger partial charge in [-0.3, -0.25) is 4.79 Å². The lowest BCUT2D eigenvalue weighted by Gasteiger charge is -2.33. The molecule has 0 aromatic heterocycles. The predicted molar refractivity (Wildman–Crippen MR) is 81.2 cm³/mol. The zero-order chi connectivity index (χ0) is 14.1. The van der Waals surface area contributed by atoms with E-state index in [2.05, 4.69) is 31.3 Å². The quantitative estimate of drug-likeness (QED) is 0.751. The Morgan fingerprint density at radius 2 is 1.58 bits per heavy atom. The Morgan fingerprint density at radius 3 is 2.00 bits per heavy atom. The van der Waals surface area contributed by atoms with Crippen LogP contribution in [-0.4, -0.2) is 13.0 Å². The Kier molecular flexibility index (Phi) is 6.61. The second-order valence-corrected chi connectivity index (χ2v) is 5.23. The molecular weight excluding hydrogens is 234 g/mol. The van der Waals surface area contributed by atoms with Gasteiger partial charge < -0.3 is 5.32 Å². The minimum Gasteiger partial charge on any atom is -0.358 e. The van der Waals surface area contributed by atoms with Crippen molar-refractivity contribution in [3.05, 3.63) is 35.9 Å². The van der Waals surface area contributed by atoms with E-state index in [4.69, 9.17) is 0 Å². The Hall–Kier alpha value is -1.31. The van der Waals surface area contributed by atoms with Crippen LogP contribution in [0.15, 0.2) is 30.3 Å². The summed E-state index contributed by atoms with van der Waals surface area (Å²) in [6, 6.07) is 10.3. The van der Waals surface area contributed by atoms with E-state index >= 15 is 0 Å². The maximum atomic E-state index is 12.5. The molecule has 0 saturated heterocycles. The number of nitrogens with one attached hydrogen (secondary N) is 1. The number of hydrogen-bond acceptors (Lipinski definition) is 1. The largest absolute Gasteiger partial charge is 0.358 e. The van der Waals surface area contributed by atoms with E-state index in [1.54, 1.807) is 7.05 Å². The van der Waals surface area contributed by atoms with Crippen molar-refractivity contribution in [3.8, 4) is 0 Å². The van der Waals surface area contributed by atoms with Crippen LogP contribution in [0.5, 0.6) is 0 Å². The smallest absolute Gasteiger partial charge is 0.230 e. The molecule has 19 heavy (non-hydrogen) atoms. The lowest BCUT2D eigenvalue weighted by atomic mass is 9.72. The molecule has 0 aliphatic carbocycles. The molecule has 1 aromatic rings. The maximum absolute atomic E-state index is 12.5. The molecule has 0 aliphatic rings. The van der Waals surface area contributed by atoms with E-state index in [1.807, 2.05) is 18.2 Å². The van der Waals surface area contributed by atoms with Crippen molar-refractivity contribution in [3.63, 3.8) is 0 Å². The minimum absolute atomic E-state index is 0.167. The summed E-state index contributed by atoms with van der Waals surface area (Å²) >= 11 is 0. The van der Waals surface area contributed by atoms with E-state index in [0.717, 1.165) is 44.1 Å². The van der Waals surface area contributed by atoms with Crippen LogP contribution < -0.4 is 5.32 Å². The van der Waals surface area contributed by atoms with Crippen molar-refractivity contribution in [1.82, 2.24) is 5.32 Å². The summed E-state index contributed by atoms with van der Waals surface area (Å²) in [6.07, 6.45) is 6.30. The third-order valence-electron chi connectivity index (χ3n) is 3.90. The van der Waals surface area contributed by atoms with Crippen molar-refractivity contribution in [2.75, 3.05) is 7.05 Å². The lowest BCUT2D eigenvalue weighted by Crippen LogP contribution is -2.43. The molecule has 0 saturated carbocycles. The molecular formula is C17H27NO. The number of unbranched alkanes of at least 4 members (excludes halogenated alkanes) is 2. The van der Waals surface area contributed by atoms with Crippen LogP contribution in [0, 0.1) is 0 Å². The Labute approximate surface area is 117 Å². The molecule has 106 valence electrons. The molecule has 1 aromatic carbocycles. The first kappa shape index (κ1) is 15.7. The topological polar surface area (TPSA) is 29.1 Å². The fourth-order valence-corrected chi connectivity index (χ4v) is 2.73. The van der Waals surface area contributed by atoms with Gasteiger partial charge in [0, 0.05) is 7.05 Å². The summed E-state index contributed by atoms with van der Waals surface area (Å²) in [6.45, 7) is 4.36. The summed E-state index contributed by atoms with van der Waals surface area (Å²) in [4.78, 5) is 12.5. The van der Waals surface area contributed by atoms with Gasteiger partial charge in [0.1, 0.15) is 0 Å². The highest BCUT2D eigenvalue weighted by atomic mass is 16.2. The van der Waals surface area contributed by atoms with Gasteiger partial charge in [-0.1, -0.05) is 69.9 Å². The van der Waals surface area contributed by atoms with Gasteiger partial charge in [-0.05, 0) is 18.4 Å². The van der Waals surface area contributed by atoms with Gasteiger partial charge in [-0.15, -0.1) is 0 Å². The van der Waals surface area contributed by atoms with Crippen LogP contribution in [-0.2, 0) is 10.2 Å². The summed E-state index contributed by atoms with van der Waals surface area (Å²) in [5.41, 5.74) is 0.818. The number of likely N-dealkylation sites (N-methyl/N-ethyl adjacent to an activating group) is 1. The molecule has 0 atom stereocenters. The van der Waals surface area contributed by atoms with Gasteiger partial charge in [0.05, 0.1) is 5.41 Å². The highest BCUT2D eigenvalue weighted by Crippen LogP contribution is 2.35. The second-order valence-electron chi connectivity index (χ2n) is 5.23. The first-order chi connectivity index (χ1) is 9.21. The highest BCUT2D eigenvalue weighted by Gasteiger charge is 2.37. The first-order valence-electron chi connectivity index (χ1n) is 7.49. The molecule has 1 N–H and O–H groups in total. The van der Waals surface area contributed by atoms with Crippen molar-refractivity contribution in [1.29, 1.82) is 0 Å². The molecule has 0 unspecified atom stereocenters.